The molecule has 0 bridgehead atoms. The van der Waals surface area contributed by atoms with Crippen molar-refractivity contribution in [2.24, 2.45) is 0 Å². The minimum Gasteiger partial charge on any atom is -0.350 e. The van der Waals surface area contributed by atoms with Crippen LogP contribution in [-0.4, -0.2) is 18.5 Å². The van der Waals surface area contributed by atoms with Crippen LogP contribution in [0.4, 0.5) is 5.69 Å². The zero-order chi connectivity index (χ0) is 9.10. The first-order chi connectivity index (χ1) is 6.36. The lowest BCUT2D eigenvalue weighted by molar-refractivity contribution is 0.178. The van der Waals surface area contributed by atoms with Crippen molar-refractivity contribution in [2.75, 3.05) is 23.4 Å². The Bertz CT molecular complexity index is 267. The molecule has 0 amide bonds. The van der Waals surface area contributed by atoms with E-state index in [-0.39, 0.29) is 0 Å². The van der Waals surface area contributed by atoms with E-state index < -0.39 is 0 Å². The smallest absolute Gasteiger partial charge is 0.120 e. The highest BCUT2D eigenvalue weighted by Crippen LogP contribution is 2.20. The molecular weight excluding hydrogens is 182 g/mol. The maximum atomic E-state index is 5.36. The molecule has 1 aromatic rings. The fraction of sp³-hybridized carbons (Fsp3) is 0.400. The summed E-state index contributed by atoms with van der Waals surface area (Å²) < 4.78 is 5.36. The average Bonchev–Trinajstić information content (AvgIpc) is 2.20. The topological polar surface area (TPSA) is 12.5 Å². The molecule has 1 saturated heterocycles. The summed E-state index contributed by atoms with van der Waals surface area (Å²) in [5.41, 5.74) is 2.55. The summed E-state index contributed by atoms with van der Waals surface area (Å²) in [4.78, 5) is 2.23. The maximum absolute atomic E-state index is 5.36. The van der Waals surface area contributed by atoms with Gasteiger partial charge in [0.05, 0.1) is 11.8 Å². The molecule has 0 aromatic heterocycles. The third-order valence-corrected chi connectivity index (χ3v) is 2.89. The van der Waals surface area contributed by atoms with Gasteiger partial charge in [-0.25, -0.2) is 0 Å². The summed E-state index contributed by atoms with van der Waals surface area (Å²) in [6, 6.07) is 8.55. The van der Waals surface area contributed by atoms with E-state index in [1.807, 2.05) is 0 Å². The van der Waals surface area contributed by atoms with Crippen molar-refractivity contribution < 1.29 is 4.74 Å². The predicted molar refractivity (Wildman–Crippen MR) is 56.9 cm³/mol. The monoisotopic (exact) mass is 195 g/mol. The number of ether oxygens (including phenoxy) is 1. The first kappa shape index (κ1) is 8.91. The number of anilines is 1. The van der Waals surface area contributed by atoms with E-state index in [1.54, 1.807) is 11.8 Å². The van der Waals surface area contributed by atoms with E-state index in [0.29, 0.717) is 0 Å². The molecule has 0 aliphatic carbocycles. The highest BCUT2D eigenvalue weighted by Gasteiger charge is 2.10. The molecule has 70 valence electrons. The van der Waals surface area contributed by atoms with Gasteiger partial charge in [0, 0.05) is 5.69 Å². The molecule has 0 spiro atoms. The van der Waals surface area contributed by atoms with Crippen molar-refractivity contribution in [1.29, 1.82) is 0 Å². The zero-order valence-electron chi connectivity index (χ0n) is 7.69. The lowest BCUT2D eigenvalue weighted by Crippen LogP contribution is -2.29. The van der Waals surface area contributed by atoms with Gasteiger partial charge in [-0.3, -0.25) is 0 Å². The van der Waals surface area contributed by atoms with Gasteiger partial charge < -0.3 is 9.64 Å². The number of thioether (sulfide) groups is 1. The standard InChI is InChI=1S/C10H13NOS/c1-9-2-4-10(5-3-9)11-6-12-8-13-7-11/h2-5H,6-8H2,1H3. The quantitative estimate of drug-likeness (QED) is 0.683. The van der Waals surface area contributed by atoms with Crippen LogP contribution in [0.25, 0.3) is 0 Å². The van der Waals surface area contributed by atoms with Crippen molar-refractivity contribution >= 4 is 17.4 Å². The van der Waals surface area contributed by atoms with Gasteiger partial charge in [0.2, 0.25) is 0 Å². The summed E-state index contributed by atoms with van der Waals surface area (Å²) >= 11 is 1.81. The van der Waals surface area contributed by atoms with Gasteiger partial charge >= 0.3 is 0 Å². The van der Waals surface area contributed by atoms with Gasteiger partial charge in [0.25, 0.3) is 0 Å². The second kappa shape index (κ2) is 4.03. The molecule has 0 radical (unpaired) electrons. The second-order valence-corrected chi connectivity index (χ2v) is 4.06. The molecule has 0 saturated carbocycles. The Morgan fingerprint density at radius 3 is 2.69 bits per heavy atom. The van der Waals surface area contributed by atoms with Gasteiger partial charge in [-0.1, -0.05) is 17.7 Å². The zero-order valence-corrected chi connectivity index (χ0v) is 8.51. The highest BCUT2D eigenvalue weighted by molar-refractivity contribution is 7.99. The van der Waals surface area contributed by atoms with Crippen molar-refractivity contribution in [3.8, 4) is 0 Å². The molecular formula is C10H13NOS. The van der Waals surface area contributed by atoms with E-state index in [4.69, 9.17) is 4.74 Å². The average molecular weight is 195 g/mol. The Morgan fingerprint density at radius 1 is 1.31 bits per heavy atom. The Hall–Kier alpha value is -0.670. The van der Waals surface area contributed by atoms with Gasteiger partial charge in [-0.15, -0.1) is 11.8 Å². The molecule has 13 heavy (non-hydrogen) atoms. The molecule has 2 nitrogen and oxygen atoms in total. The summed E-state index contributed by atoms with van der Waals surface area (Å²) in [5.74, 6) is 1.85. The van der Waals surface area contributed by atoms with E-state index in [0.717, 1.165) is 18.5 Å². The van der Waals surface area contributed by atoms with Crippen molar-refractivity contribution in [2.45, 2.75) is 6.92 Å². The summed E-state index contributed by atoms with van der Waals surface area (Å²) in [7, 11) is 0. The van der Waals surface area contributed by atoms with Crippen LogP contribution in [0.2, 0.25) is 0 Å². The second-order valence-electron chi connectivity index (χ2n) is 3.16. The largest absolute Gasteiger partial charge is 0.350 e. The van der Waals surface area contributed by atoms with E-state index >= 15 is 0 Å². The van der Waals surface area contributed by atoms with Crippen LogP contribution < -0.4 is 4.90 Å². The molecule has 2 rings (SSSR count). The minimum atomic E-state index is 0.718. The Labute approximate surface area is 82.9 Å². The van der Waals surface area contributed by atoms with E-state index in [1.165, 1.54) is 11.3 Å². The Balaban J connectivity index is 2.10. The van der Waals surface area contributed by atoms with Crippen LogP contribution in [0.15, 0.2) is 24.3 Å². The summed E-state index contributed by atoms with van der Waals surface area (Å²) in [6.07, 6.45) is 0. The van der Waals surface area contributed by atoms with Crippen molar-refractivity contribution in [3.63, 3.8) is 0 Å². The predicted octanol–water partition coefficient (Wildman–Crippen LogP) is 2.44. The van der Waals surface area contributed by atoms with Crippen molar-refractivity contribution in [3.05, 3.63) is 29.8 Å². The number of aryl methyl sites for hydroxylation is 1. The fourth-order valence-corrected chi connectivity index (χ4v) is 2.01. The number of rotatable bonds is 1. The molecule has 1 fully saturated rings. The summed E-state index contributed by atoms with van der Waals surface area (Å²) in [5, 5.41) is 0. The van der Waals surface area contributed by atoms with Gasteiger partial charge in [-0.2, -0.15) is 0 Å². The SMILES string of the molecule is Cc1ccc(N2COCSC2)cc1. The minimum absolute atomic E-state index is 0.718. The Morgan fingerprint density at radius 2 is 2.08 bits per heavy atom. The molecule has 0 unspecified atom stereocenters. The van der Waals surface area contributed by atoms with Gasteiger partial charge in [-0.05, 0) is 19.1 Å². The highest BCUT2D eigenvalue weighted by atomic mass is 32.2. The molecule has 0 atom stereocenters. The van der Waals surface area contributed by atoms with Crippen LogP contribution in [0.5, 0.6) is 0 Å². The number of nitrogens with zero attached hydrogens (tertiary/aromatic N) is 1. The van der Waals surface area contributed by atoms with Crippen LogP contribution in [0, 0.1) is 6.92 Å². The van der Waals surface area contributed by atoms with Crippen LogP contribution in [0.1, 0.15) is 5.56 Å². The third-order valence-electron chi connectivity index (χ3n) is 2.06. The van der Waals surface area contributed by atoms with Crippen LogP contribution in [0.3, 0.4) is 0 Å². The van der Waals surface area contributed by atoms with Crippen LogP contribution >= 0.6 is 11.8 Å². The maximum Gasteiger partial charge on any atom is 0.120 e. The molecule has 1 aromatic carbocycles. The Kier molecular flexibility index (Phi) is 2.76. The van der Waals surface area contributed by atoms with Gasteiger partial charge in [0.1, 0.15) is 6.73 Å². The number of hydrogen-bond donors (Lipinski definition) is 0. The van der Waals surface area contributed by atoms with Gasteiger partial charge in [0.15, 0.2) is 0 Å². The van der Waals surface area contributed by atoms with E-state index in [2.05, 4.69) is 36.1 Å². The third kappa shape index (κ3) is 2.17. The molecule has 1 aliphatic heterocycles. The normalized spacial score (nSPS) is 17.5. The molecule has 1 aliphatic rings. The van der Waals surface area contributed by atoms with Crippen molar-refractivity contribution in [1.82, 2.24) is 0 Å². The lowest BCUT2D eigenvalue weighted by Gasteiger charge is -2.28. The first-order valence-electron chi connectivity index (χ1n) is 4.33. The molecule has 0 N–H and O–H groups in total. The number of hydrogen-bond acceptors (Lipinski definition) is 3. The number of benzene rings is 1. The molecule has 1 heterocycles. The lowest BCUT2D eigenvalue weighted by atomic mass is 10.2. The summed E-state index contributed by atoms with van der Waals surface area (Å²) in [6.45, 7) is 2.82. The van der Waals surface area contributed by atoms with Crippen LogP contribution in [-0.2, 0) is 4.74 Å². The fourth-order valence-electron chi connectivity index (χ4n) is 1.30. The molecule has 3 heteroatoms. The van der Waals surface area contributed by atoms with E-state index in [9.17, 15) is 0 Å². The first-order valence-corrected chi connectivity index (χ1v) is 5.49.